The molecule has 1 aromatic rings. The van der Waals surface area contributed by atoms with Crippen molar-refractivity contribution in [3.8, 4) is 0 Å². The number of hydrogen-bond donors (Lipinski definition) is 3. The molecule has 2 rings (SSSR count). The third-order valence-corrected chi connectivity index (χ3v) is 5.39. The van der Waals surface area contributed by atoms with Gasteiger partial charge < -0.3 is 15.5 Å². The fraction of sp³-hybridized carbons (Fsp3) is 0.417. The molecule has 2 unspecified atom stereocenters. The fourth-order valence-electron chi connectivity index (χ4n) is 2.20. The zero-order valence-electron chi connectivity index (χ0n) is 13.9. The molecule has 1 aliphatic heterocycles. The predicted octanol–water partition coefficient (Wildman–Crippen LogP) is -1.46. The molecular weight excluding hydrogens is 449 g/mol. The van der Waals surface area contributed by atoms with E-state index in [0.717, 1.165) is 11.3 Å². The Bertz CT molecular complexity index is 906. The van der Waals surface area contributed by atoms with Crippen molar-refractivity contribution in [1.29, 1.82) is 0 Å². The van der Waals surface area contributed by atoms with Crippen LogP contribution < -0.4 is 10.6 Å². The third kappa shape index (κ3) is 5.40. The number of β-lactam (4-membered cyclic amide) rings is 1. The second-order valence-electron chi connectivity index (χ2n) is 5.15. The van der Waals surface area contributed by atoms with Crippen LogP contribution in [0.1, 0.15) is 12.6 Å². The number of oxime groups is 1. The molecule has 16 heteroatoms. The summed E-state index contributed by atoms with van der Waals surface area (Å²) < 4.78 is 31.4. The van der Waals surface area contributed by atoms with Crippen LogP contribution in [0.25, 0.3) is 0 Å². The van der Waals surface area contributed by atoms with Crippen LogP contribution in [0, 0.1) is 0 Å². The number of nitrogens with zero attached hydrogens (tertiary/aromatic N) is 3. The first-order chi connectivity index (χ1) is 12.6. The van der Waals surface area contributed by atoms with Crippen LogP contribution in [-0.4, -0.2) is 100 Å². The van der Waals surface area contributed by atoms with Crippen molar-refractivity contribution in [2.24, 2.45) is 5.16 Å². The molecule has 2 atom stereocenters. The van der Waals surface area contributed by atoms with E-state index in [1.807, 2.05) is 0 Å². The van der Waals surface area contributed by atoms with E-state index >= 15 is 0 Å². The minimum atomic E-state index is -4.71. The van der Waals surface area contributed by atoms with E-state index in [9.17, 15) is 22.8 Å². The van der Waals surface area contributed by atoms with Gasteiger partial charge in [0.25, 0.3) is 11.8 Å². The van der Waals surface area contributed by atoms with Crippen molar-refractivity contribution in [3.63, 3.8) is 0 Å². The van der Waals surface area contributed by atoms with E-state index in [2.05, 4.69) is 25.6 Å². The number of halogens is 1. The first-order valence-electron chi connectivity index (χ1n) is 7.14. The number of rotatable bonds is 7. The Morgan fingerprint density at radius 2 is 2.14 bits per heavy atom. The van der Waals surface area contributed by atoms with Gasteiger partial charge in [-0.05, 0) is 6.92 Å². The van der Waals surface area contributed by atoms with Gasteiger partial charge in [0.2, 0.25) is 5.91 Å². The van der Waals surface area contributed by atoms with Gasteiger partial charge in [-0.25, -0.2) is 9.29 Å². The molecule has 28 heavy (non-hydrogen) atoms. The molecule has 0 radical (unpaired) electrons. The van der Waals surface area contributed by atoms with Crippen molar-refractivity contribution >= 4 is 91.4 Å². The molecule has 1 fully saturated rings. The second kappa shape index (κ2) is 9.96. The fourth-order valence-corrected chi connectivity index (χ4v) is 3.86. The average molecular weight is 464 g/mol. The summed E-state index contributed by atoms with van der Waals surface area (Å²) >= 11 is 6.39. The van der Waals surface area contributed by atoms with E-state index in [4.69, 9.17) is 16.2 Å². The number of alkyl halides is 1. The van der Waals surface area contributed by atoms with Crippen LogP contribution in [-0.2, 0) is 29.5 Å². The summed E-state index contributed by atoms with van der Waals surface area (Å²) in [6.45, 7) is 1.33. The molecule has 0 aliphatic carbocycles. The number of hydrogen-bond acceptors (Lipinski definition) is 9. The summed E-state index contributed by atoms with van der Waals surface area (Å²) in [6, 6.07) is -2.18. The van der Waals surface area contributed by atoms with Crippen molar-refractivity contribution in [1.82, 2.24) is 14.6 Å². The van der Waals surface area contributed by atoms with E-state index in [1.165, 1.54) is 19.4 Å². The quantitative estimate of drug-likeness (QED) is 0.110. The first-order valence-corrected chi connectivity index (χ1v) is 9.95. The standard InChI is InChI=1S/C12H14ClN5O7S2.Na.H/c1-5-8(11(21)18(5)27(22,23)24)16-10(20)9(17-25-2)6-4-26-12(14-6)15-7(19)3-13;;/h4-5,8H,3H2,1-2H3,(H,16,20)(H,14,15,19)(H,22,23,24);;/b17-9+;;. The van der Waals surface area contributed by atoms with Gasteiger partial charge in [-0.15, -0.1) is 22.9 Å². The number of nitrogens with one attached hydrogen (secondary N) is 2. The molecule has 1 aliphatic rings. The summed E-state index contributed by atoms with van der Waals surface area (Å²) in [5.74, 6) is -2.63. The predicted molar refractivity (Wildman–Crippen MR) is 102 cm³/mol. The molecule has 0 spiro atoms. The van der Waals surface area contributed by atoms with E-state index in [-0.39, 0.29) is 56.3 Å². The van der Waals surface area contributed by atoms with Crippen LogP contribution in [0.3, 0.4) is 0 Å². The molecular formula is C12H15ClN5NaO7S2. The normalized spacial score (nSPS) is 19.4. The Balaban J connectivity index is 0.00000392. The van der Waals surface area contributed by atoms with Gasteiger partial charge in [-0.2, -0.15) is 8.42 Å². The minimum absolute atomic E-state index is 0. The average Bonchev–Trinajstić information content (AvgIpc) is 3.04. The summed E-state index contributed by atoms with van der Waals surface area (Å²) in [6.07, 6.45) is 0. The van der Waals surface area contributed by atoms with Gasteiger partial charge in [0, 0.05) is 5.38 Å². The van der Waals surface area contributed by atoms with Crippen molar-refractivity contribution < 1.29 is 32.2 Å². The van der Waals surface area contributed by atoms with Gasteiger partial charge in [0.05, 0.1) is 6.04 Å². The number of anilines is 1. The number of carbonyl (C=O) groups is 3. The Hall–Kier alpha value is -1.29. The topological polar surface area (TPSA) is 167 Å². The van der Waals surface area contributed by atoms with Gasteiger partial charge >= 0.3 is 39.9 Å². The first kappa shape index (κ1) is 24.7. The van der Waals surface area contributed by atoms with Crippen molar-refractivity contribution in [2.75, 3.05) is 18.3 Å². The van der Waals surface area contributed by atoms with E-state index in [1.54, 1.807) is 0 Å². The van der Waals surface area contributed by atoms with Gasteiger partial charge in [-0.3, -0.25) is 18.9 Å². The van der Waals surface area contributed by atoms with Gasteiger partial charge in [-0.1, -0.05) is 5.16 Å². The monoisotopic (exact) mass is 463 g/mol. The summed E-state index contributed by atoms with van der Waals surface area (Å²) in [5, 5.41) is 9.84. The van der Waals surface area contributed by atoms with Crippen LogP contribution in [0.5, 0.6) is 0 Å². The van der Waals surface area contributed by atoms with Gasteiger partial charge in [0.15, 0.2) is 10.8 Å². The van der Waals surface area contributed by atoms with Crippen LogP contribution in [0.15, 0.2) is 10.5 Å². The molecule has 150 valence electrons. The summed E-state index contributed by atoms with van der Waals surface area (Å²) in [7, 11) is -3.52. The molecule has 0 aromatic carbocycles. The molecule has 3 N–H and O–H groups in total. The van der Waals surface area contributed by atoms with Crippen LogP contribution in [0.4, 0.5) is 5.13 Å². The number of thiazole rings is 1. The Kier molecular flexibility index (Phi) is 8.80. The van der Waals surface area contributed by atoms with Crippen LogP contribution in [0.2, 0.25) is 0 Å². The molecule has 1 aromatic heterocycles. The molecule has 0 bridgehead atoms. The maximum absolute atomic E-state index is 12.4. The number of aromatic nitrogens is 1. The van der Waals surface area contributed by atoms with Crippen LogP contribution >= 0.6 is 22.9 Å². The maximum atomic E-state index is 12.4. The second-order valence-corrected chi connectivity index (χ2v) is 7.56. The molecule has 12 nitrogen and oxygen atoms in total. The zero-order chi connectivity index (χ0) is 20.4. The molecule has 3 amide bonds. The van der Waals surface area contributed by atoms with Gasteiger partial charge in [0.1, 0.15) is 24.7 Å². The molecule has 2 heterocycles. The van der Waals surface area contributed by atoms with E-state index in [0.29, 0.717) is 0 Å². The summed E-state index contributed by atoms with van der Waals surface area (Å²) in [5.41, 5.74) is -0.249. The molecule has 0 saturated carbocycles. The third-order valence-electron chi connectivity index (χ3n) is 3.38. The Morgan fingerprint density at radius 1 is 1.50 bits per heavy atom. The van der Waals surface area contributed by atoms with Crippen molar-refractivity contribution in [3.05, 3.63) is 11.1 Å². The zero-order valence-corrected chi connectivity index (χ0v) is 16.3. The van der Waals surface area contributed by atoms with E-state index < -0.39 is 40.1 Å². The number of carbonyl (C=O) groups excluding carboxylic acids is 3. The molecule has 1 saturated heterocycles. The Labute approximate surface area is 190 Å². The van der Waals surface area contributed by atoms with Crippen molar-refractivity contribution in [2.45, 2.75) is 19.0 Å². The Morgan fingerprint density at radius 3 is 2.64 bits per heavy atom. The SMILES string of the molecule is CO/N=C(/C(=O)NC1C(=O)N(S(=O)(=O)O)C1C)c1csc(NC(=O)CCl)n1.[NaH]. The summed E-state index contributed by atoms with van der Waals surface area (Å²) in [4.78, 5) is 44.2. The number of amides is 3.